The summed E-state index contributed by atoms with van der Waals surface area (Å²) in [7, 11) is 0. The summed E-state index contributed by atoms with van der Waals surface area (Å²) in [6.45, 7) is 8.64. The summed E-state index contributed by atoms with van der Waals surface area (Å²) in [6, 6.07) is 45.6. The maximum atomic E-state index is 5.02. The van der Waals surface area contributed by atoms with Crippen molar-refractivity contribution >= 4 is 43.6 Å². The van der Waals surface area contributed by atoms with E-state index in [-0.39, 0.29) is 0 Å². The number of pyridine rings is 2. The van der Waals surface area contributed by atoms with Crippen molar-refractivity contribution in [2.24, 2.45) is 0 Å². The molecule has 6 aromatic carbocycles. The summed E-state index contributed by atoms with van der Waals surface area (Å²) >= 11 is 0. The monoisotopic (exact) mass is 746 g/mol. The Kier molecular flexibility index (Phi) is 7.11. The number of hydrogen-bond acceptors (Lipinski definition) is 2. The third-order valence-electron chi connectivity index (χ3n) is 13.0. The minimum atomic E-state index is 0.978. The number of rotatable bonds is 4. The summed E-state index contributed by atoms with van der Waals surface area (Å²) < 4.78 is 4.93. The van der Waals surface area contributed by atoms with Gasteiger partial charge in [-0.3, -0.25) is 9.13 Å². The molecule has 0 fully saturated rings. The fraction of sp³-hybridized carbons (Fsp3) is 0.148. The van der Waals surface area contributed by atoms with Crippen molar-refractivity contribution in [1.82, 2.24) is 19.1 Å². The van der Waals surface area contributed by atoms with Gasteiger partial charge in [-0.15, -0.1) is 0 Å². The standard InChI is InChI=1S/C54H42N4/c1-31-5-9-35(10-6-31)37-15-19-47-43(27-37)45-29-39-13-18-42-52-40(14-17-41(51(39)52)53(45)57(47)49-25-33(3)21-23-55-49)30-46-44-28-38(36-11-7-32(2)8-12-36)16-20-48(44)58(54(42)46)50-26-34(4)22-24-56-50/h5-12,15-16,19-30H,13-14,17-18H2,1-4H3. The van der Waals surface area contributed by atoms with E-state index in [4.69, 9.17) is 9.97 Å². The molecule has 0 saturated heterocycles. The molecule has 12 rings (SSSR count). The lowest BCUT2D eigenvalue weighted by Crippen LogP contribution is -2.16. The van der Waals surface area contributed by atoms with Gasteiger partial charge in [-0.05, 0) is 181 Å². The Labute approximate surface area is 338 Å². The number of hydrogen-bond donors (Lipinski definition) is 0. The SMILES string of the molecule is Cc1ccc(-c2ccc3c(c2)c2cc4c5c(c2n3-c2cc(C)ccn2)CCc2cc3c6cc(-c7ccc(C)cc7)ccc6n(-c6cc(C)ccn6)c3c(c2-5)CC4)cc1. The van der Waals surface area contributed by atoms with Crippen LogP contribution in [0.15, 0.2) is 134 Å². The Hall–Kier alpha value is -6.78. The molecule has 0 N–H and O–H groups in total. The quantitative estimate of drug-likeness (QED) is 0.180. The van der Waals surface area contributed by atoms with Crippen LogP contribution in [-0.2, 0) is 25.7 Å². The lowest BCUT2D eigenvalue weighted by Gasteiger charge is -2.31. The Morgan fingerprint density at radius 3 is 1.21 bits per heavy atom. The van der Waals surface area contributed by atoms with E-state index in [1.807, 2.05) is 12.4 Å². The van der Waals surface area contributed by atoms with Crippen LogP contribution < -0.4 is 0 Å². The van der Waals surface area contributed by atoms with Crippen LogP contribution in [0.4, 0.5) is 0 Å². The van der Waals surface area contributed by atoms with Crippen LogP contribution in [0.3, 0.4) is 0 Å². The van der Waals surface area contributed by atoms with Crippen molar-refractivity contribution in [3.8, 4) is 45.0 Å². The predicted octanol–water partition coefficient (Wildman–Crippen LogP) is 13.1. The largest absolute Gasteiger partial charge is 0.293 e. The molecule has 58 heavy (non-hydrogen) atoms. The average Bonchev–Trinajstić information content (AvgIpc) is 3.75. The van der Waals surface area contributed by atoms with Crippen LogP contribution in [0, 0.1) is 27.7 Å². The van der Waals surface area contributed by atoms with Gasteiger partial charge in [0.15, 0.2) is 0 Å². The first-order chi connectivity index (χ1) is 28.4. The van der Waals surface area contributed by atoms with Gasteiger partial charge in [0.2, 0.25) is 0 Å². The zero-order valence-electron chi connectivity index (χ0n) is 33.3. The van der Waals surface area contributed by atoms with Crippen molar-refractivity contribution in [2.45, 2.75) is 53.4 Å². The van der Waals surface area contributed by atoms with Crippen LogP contribution in [-0.4, -0.2) is 19.1 Å². The molecule has 4 heterocycles. The second-order valence-corrected chi connectivity index (χ2v) is 16.8. The lowest BCUT2D eigenvalue weighted by molar-refractivity contribution is 0.881. The number of benzene rings is 6. The molecule has 0 bridgehead atoms. The molecule has 0 atom stereocenters. The second kappa shape index (κ2) is 12.4. The Bertz CT molecular complexity index is 3130. The maximum Gasteiger partial charge on any atom is 0.137 e. The van der Waals surface area contributed by atoms with Gasteiger partial charge in [0, 0.05) is 33.9 Å². The topological polar surface area (TPSA) is 35.6 Å². The fourth-order valence-electron chi connectivity index (χ4n) is 10.3. The summed E-state index contributed by atoms with van der Waals surface area (Å²) in [5.41, 5.74) is 23.7. The molecule has 2 aliphatic rings. The van der Waals surface area contributed by atoms with Crippen molar-refractivity contribution in [3.05, 3.63) is 178 Å². The van der Waals surface area contributed by atoms with Crippen LogP contribution >= 0.6 is 0 Å². The zero-order valence-corrected chi connectivity index (χ0v) is 33.3. The van der Waals surface area contributed by atoms with E-state index in [1.54, 1.807) is 0 Å². The number of aryl methyl sites for hydroxylation is 8. The summed E-state index contributed by atoms with van der Waals surface area (Å²) in [4.78, 5) is 10.0. The molecular weight excluding hydrogens is 705 g/mol. The Balaban J connectivity index is 1.16. The van der Waals surface area contributed by atoms with E-state index >= 15 is 0 Å². The molecule has 4 nitrogen and oxygen atoms in total. The zero-order chi connectivity index (χ0) is 38.8. The minimum Gasteiger partial charge on any atom is -0.293 e. The van der Waals surface area contributed by atoms with Crippen molar-refractivity contribution in [3.63, 3.8) is 0 Å². The van der Waals surface area contributed by atoms with Gasteiger partial charge in [-0.2, -0.15) is 0 Å². The minimum absolute atomic E-state index is 0.978. The summed E-state index contributed by atoms with van der Waals surface area (Å²) in [5.74, 6) is 1.96. The van der Waals surface area contributed by atoms with E-state index < -0.39 is 0 Å². The van der Waals surface area contributed by atoms with Crippen molar-refractivity contribution in [2.75, 3.05) is 0 Å². The van der Waals surface area contributed by atoms with E-state index in [0.717, 1.165) is 37.3 Å². The molecule has 278 valence electrons. The number of fused-ring (bicyclic) bond motifs is 8. The predicted molar refractivity (Wildman–Crippen MR) is 241 cm³/mol. The molecule has 10 aromatic rings. The number of nitrogens with zero attached hydrogens (tertiary/aromatic N) is 4. The Morgan fingerprint density at radius 1 is 0.379 bits per heavy atom. The van der Waals surface area contributed by atoms with Gasteiger partial charge < -0.3 is 0 Å². The highest BCUT2D eigenvalue weighted by atomic mass is 15.1. The first-order valence-corrected chi connectivity index (χ1v) is 20.6. The average molecular weight is 747 g/mol. The highest BCUT2D eigenvalue weighted by Crippen LogP contribution is 2.51. The molecule has 0 spiro atoms. The van der Waals surface area contributed by atoms with Crippen LogP contribution in [0.1, 0.15) is 44.5 Å². The molecule has 4 heteroatoms. The van der Waals surface area contributed by atoms with Gasteiger partial charge >= 0.3 is 0 Å². The highest BCUT2D eigenvalue weighted by Gasteiger charge is 2.33. The highest BCUT2D eigenvalue weighted by molar-refractivity contribution is 6.16. The van der Waals surface area contributed by atoms with Crippen molar-refractivity contribution < 1.29 is 0 Å². The van der Waals surface area contributed by atoms with Gasteiger partial charge in [0.25, 0.3) is 0 Å². The normalized spacial score (nSPS) is 13.2. The molecule has 4 aromatic heterocycles. The molecule has 0 aliphatic heterocycles. The molecule has 2 aliphatic carbocycles. The van der Waals surface area contributed by atoms with Crippen LogP contribution in [0.25, 0.3) is 88.6 Å². The van der Waals surface area contributed by atoms with Crippen LogP contribution in [0.2, 0.25) is 0 Å². The van der Waals surface area contributed by atoms with Crippen LogP contribution in [0.5, 0.6) is 0 Å². The molecule has 0 saturated carbocycles. The first kappa shape index (κ1) is 33.4. The first-order valence-electron chi connectivity index (χ1n) is 20.6. The van der Waals surface area contributed by atoms with E-state index in [1.165, 1.54) is 122 Å². The number of aromatic nitrogens is 4. The molecule has 0 unspecified atom stereocenters. The molecular formula is C54H42N4. The summed E-state index contributed by atoms with van der Waals surface area (Å²) in [5, 5.41) is 5.24. The second-order valence-electron chi connectivity index (χ2n) is 16.8. The van der Waals surface area contributed by atoms with Gasteiger partial charge in [0.05, 0.1) is 22.1 Å². The molecule has 0 radical (unpaired) electrons. The van der Waals surface area contributed by atoms with Gasteiger partial charge in [0.1, 0.15) is 11.6 Å². The van der Waals surface area contributed by atoms with E-state index in [2.05, 4.69) is 158 Å². The van der Waals surface area contributed by atoms with Gasteiger partial charge in [-0.1, -0.05) is 71.8 Å². The van der Waals surface area contributed by atoms with Crippen molar-refractivity contribution in [1.29, 1.82) is 0 Å². The maximum absolute atomic E-state index is 5.02. The third kappa shape index (κ3) is 4.87. The van der Waals surface area contributed by atoms with Gasteiger partial charge in [-0.25, -0.2) is 9.97 Å². The summed E-state index contributed by atoms with van der Waals surface area (Å²) in [6.07, 6.45) is 7.87. The molecule has 0 amide bonds. The van der Waals surface area contributed by atoms with E-state index in [9.17, 15) is 0 Å². The Morgan fingerprint density at radius 2 is 0.793 bits per heavy atom. The lowest BCUT2D eigenvalue weighted by atomic mass is 9.74. The van der Waals surface area contributed by atoms with E-state index in [0.29, 0.717) is 0 Å². The smallest absolute Gasteiger partial charge is 0.137 e. The third-order valence-corrected chi connectivity index (χ3v) is 13.0. The fourth-order valence-corrected chi connectivity index (χ4v) is 10.3.